The van der Waals surface area contributed by atoms with Gasteiger partial charge in [0.15, 0.2) is 0 Å². The van der Waals surface area contributed by atoms with Crippen LogP contribution in [0.1, 0.15) is 57.8 Å². The van der Waals surface area contributed by atoms with Crippen LogP contribution >= 0.6 is 0 Å². The molecule has 1 fully saturated rings. The molecule has 0 saturated carbocycles. The summed E-state index contributed by atoms with van der Waals surface area (Å²) in [6, 6.07) is 4.36. The molecule has 2 rings (SSSR count). The maximum absolute atomic E-state index is 12.7. The van der Waals surface area contributed by atoms with Gasteiger partial charge in [0.05, 0.1) is 6.04 Å². The van der Waals surface area contributed by atoms with Crippen molar-refractivity contribution < 1.29 is 29.1 Å². The molecular formula is C22H34N4O6. The van der Waals surface area contributed by atoms with E-state index in [1.165, 1.54) is 4.90 Å². The molecule has 5 N–H and O–H groups in total. The number of hydrogen-bond donors (Lipinski definition) is 4. The lowest BCUT2D eigenvalue weighted by molar-refractivity contribution is -0.140. The molecule has 2 unspecified atom stereocenters. The summed E-state index contributed by atoms with van der Waals surface area (Å²) < 4.78 is 0. The van der Waals surface area contributed by atoms with E-state index in [0.717, 1.165) is 6.92 Å². The van der Waals surface area contributed by atoms with Crippen molar-refractivity contribution in [2.24, 2.45) is 0 Å². The van der Waals surface area contributed by atoms with Gasteiger partial charge in [-0.05, 0) is 51.0 Å². The molecule has 0 spiro atoms. The Hall–Kier alpha value is -3.43. The van der Waals surface area contributed by atoms with E-state index in [0.29, 0.717) is 36.9 Å². The van der Waals surface area contributed by atoms with Crippen LogP contribution in [0.5, 0.6) is 0 Å². The minimum absolute atomic E-state index is 0.329. The molecule has 1 heterocycles. The number of nitrogen functional groups attached to an aromatic ring is 1. The standard InChI is InChI=1S/C18H24N4O4.C2H4O2.C2H6/c1-11(10-23)20-17(25)15-4-3-9-22(15)18(26)12(2)21-16(24)13-5-7-14(19)8-6-13;1-2(3)4;1-2/h5-8,10-12,15H,3-4,9,19H2,1-2H3,(H,20,25)(H,21,24);1H3,(H,3,4);1-2H3/t11-,12?,15?;;/m0../s1. The van der Waals surface area contributed by atoms with Gasteiger partial charge in [0, 0.05) is 24.7 Å². The number of likely N-dealkylation sites (tertiary alicyclic amines) is 1. The molecular weight excluding hydrogens is 416 g/mol. The van der Waals surface area contributed by atoms with E-state index in [-0.39, 0.29) is 17.7 Å². The average Bonchev–Trinajstić information content (AvgIpc) is 3.24. The van der Waals surface area contributed by atoms with Gasteiger partial charge in [-0.1, -0.05) is 13.8 Å². The Labute approximate surface area is 188 Å². The molecule has 3 amide bonds. The van der Waals surface area contributed by atoms with Crippen LogP contribution in [-0.4, -0.2) is 64.7 Å². The van der Waals surface area contributed by atoms with Gasteiger partial charge in [0.25, 0.3) is 11.9 Å². The Balaban J connectivity index is 0.00000144. The van der Waals surface area contributed by atoms with Gasteiger partial charge in [0.2, 0.25) is 11.8 Å². The highest BCUT2D eigenvalue weighted by atomic mass is 16.4. The van der Waals surface area contributed by atoms with E-state index in [4.69, 9.17) is 15.6 Å². The number of benzene rings is 1. The first-order valence-electron chi connectivity index (χ1n) is 10.5. The van der Waals surface area contributed by atoms with E-state index in [2.05, 4.69) is 10.6 Å². The van der Waals surface area contributed by atoms with E-state index in [9.17, 15) is 19.2 Å². The summed E-state index contributed by atoms with van der Waals surface area (Å²) in [4.78, 5) is 58.4. The minimum atomic E-state index is -0.833. The summed E-state index contributed by atoms with van der Waals surface area (Å²) in [5.41, 5.74) is 6.54. The number of nitrogens with two attached hydrogens (primary N) is 1. The fourth-order valence-electron chi connectivity index (χ4n) is 2.88. The summed E-state index contributed by atoms with van der Waals surface area (Å²) >= 11 is 0. The number of rotatable bonds is 6. The zero-order valence-corrected chi connectivity index (χ0v) is 19.3. The molecule has 0 bridgehead atoms. The molecule has 1 aromatic rings. The normalized spacial score (nSPS) is 16.2. The zero-order valence-electron chi connectivity index (χ0n) is 19.3. The number of nitrogens with zero attached hydrogens (tertiary/aromatic N) is 1. The number of carbonyl (C=O) groups excluding carboxylic acids is 4. The van der Waals surface area contributed by atoms with E-state index in [1.54, 1.807) is 38.1 Å². The lowest BCUT2D eigenvalue weighted by Crippen LogP contribution is -2.53. The summed E-state index contributed by atoms with van der Waals surface area (Å²) in [6.45, 7) is 8.68. The number of amides is 3. The quantitative estimate of drug-likeness (QED) is 0.374. The Kier molecular flexibility index (Phi) is 13.0. The number of carboxylic acid groups (broad SMARTS) is 1. The molecule has 10 nitrogen and oxygen atoms in total. The first-order valence-corrected chi connectivity index (χ1v) is 10.5. The van der Waals surface area contributed by atoms with Gasteiger partial charge >= 0.3 is 0 Å². The number of anilines is 1. The van der Waals surface area contributed by atoms with Gasteiger partial charge in [-0.15, -0.1) is 0 Å². The molecule has 1 aromatic carbocycles. The maximum atomic E-state index is 12.7. The molecule has 1 saturated heterocycles. The first-order chi connectivity index (χ1) is 15.1. The van der Waals surface area contributed by atoms with Gasteiger partial charge in [-0.2, -0.15) is 0 Å². The number of hydrogen-bond acceptors (Lipinski definition) is 6. The maximum Gasteiger partial charge on any atom is 0.300 e. The molecule has 32 heavy (non-hydrogen) atoms. The molecule has 1 aliphatic rings. The third-order valence-electron chi connectivity index (χ3n) is 4.30. The molecule has 3 atom stereocenters. The van der Waals surface area contributed by atoms with Crippen molar-refractivity contribution in [3.8, 4) is 0 Å². The van der Waals surface area contributed by atoms with Crippen LogP contribution in [0.15, 0.2) is 24.3 Å². The van der Waals surface area contributed by atoms with Crippen LogP contribution in [0, 0.1) is 0 Å². The van der Waals surface area contributed by atoms with E-state index in [1.807, 2.05) is 13.8 Å². The molecule has 0 aromatic heterocycles. The molecule has 10 heteroatoms. The van der Waals surface area contributed by atoms with Gasteiger partial charge in [-0.3, -0.25) is 19.2 Å². The lowest BCUT2D eigenvalue weighted by atomic mass is 10.1. The Morgan fingerprint density at radius 3 is 2.16 bits per heavy atom. The van der Waals surface area contributed by atoms with Crippen LogP contribution in [0.2, 0.25) is 0 Å². The Morgan fingerprint density at radius 2 is 1.66 bits per heavy atom. The number of aliphatic carboxylic acids is 1. The van der Waals surface area contributed by atoms with E-state index < -0.39 is 24.1 Å². The summed E-state index contributed by atoms with van der Waals surface area (Å²) in [6.07, 6.45) is 1.86. The number of carbonyl (C=O) groups is 5. The van der Waals surface area contributed by atoms with Gasteiger partial charge < -0.3 is 31.2 Å². The molecule has 0 radical (unpaired) electrons. The van der Waals surface area contributed by atoms with Crippen LogP contribution in [0.3, 0.4) is 0 Å². The van der Waals surface area contributed by atoms with Crippen molar-refractivity contribution in [3.05, 3.63) is 29.8 Å². The first kappa shape index (κ1) is 28.6. The minimum Gasteiger partial charge on any atom is -0.481 e. The molecule has 0 aliphatic carbocycles. The largest absolute Gasteiger partial charge is 0.481 e. The number of carboxylic acids is 1. The van der Waals surface area contributed by atoms with E-state index >= 15 is 0 Å². The Bertz CT molecular complexity index is 777. The number of aldehydes is 1. The Morgan fingerprint density at radius 1 is 1.12 bits per heavy atom. The van der Waals surface area contributed by atoms with Crippen molar-refractivity contribution in [2.45, 2.75) is 65.6 Å². The summed E-state index contributed by atoms with van der Waals surface area (Å²) in [5.74, 6) is -1.90. The fourth-order valence-corrected chi connectivity index (χ4v) is 2.88. The van der Waals surface area contributed by atoms with Crippen molar-refractivity contribution in [1.29, 1.82) is 0 Å². The van der Waals surface area contributed by atoms with Crippen LogP contribution in [0.4, 0.5) is 5.69 Å². The van der Waals surface area contributed by atoms with Crippen LogP contribution in [0.25, 0.3) is 0 Å². The second-order valence-corrected chi connectivity index (χ2v) is 6.96. The third-order valence-corrected chi connectivity index (χ3v) is 4.30. The highest BCUT2D eigenvalue weighted by molar-refractivity contribution is 5.98. The zero-order chi connectivity index (χ0) is 24.8. The number of nitrogens with one attached hydrogen (secondary N) is 2. The topological polar surface area (TPSA) is 159 Å². The summed E-state index contributed by atoms with van der Waals surface area (Å²) in [5, 5.41) is 12.6. The SMILES string of the molecule is CC.CC(=O)O.CC(NC(=O)c1ccc(N)cc1)C(=O)N1CCCC1C(=O)N[C@@H](C)C=O. The van der Waals surface area contributed by atoms with Crippen molar-refractivity contribution in [1.82, 2.24) is 15.5 Å². The predicted molar refractivity (Wildman–Crippen MR) is 121 cm³/mol. The van der Waals surface area contributed by atoms with Gasteiger partial charge in [0.1, 0.15) is 18.4 Å². The predicted octanol–water partition coefficient (Wildman–Crippen LogP) is 1.20. The van der Waals surface area contributed by atoms with Crippen LogP contribution in [-0.2, 0) is 19.2 Å². The van der Waals surface area contributed by atoms with Gasteiger partial charge in [-0.25, -0.2) is 0 Å². The highest BCUT2D eigenvalue weighted by Gasteiger charge is 2.36. The summed E-state index contributed by atoms with van der Waals surface area (Å²) in [7, 11) is 0. The monoisotopic (exact) mass is 450 g/mol. The second-order valence-electron chi connectivity index (χ2n) is 6.96. The highest BCUT2D eigenvalue weighted by Crippen LogP contribution is 2.19. The van der Waals surface area contributed by atoms with Crippen LogP contribution < -0.4 is 16.4 Å². The molecule has 1 aliphatic heterocycles. The average molecular weight is 451 g/mol. The van der Waals surface area contributed by atoms with Crippen molar-refractivity contribution in [3.63, 3.8) is 0 Å². The third kappa shape index (κ3) is 9.59. The van der Waals surface area contributed by atoms with Crippen molar-refractivity contribution in [2.75, 3.05) is 12.3 Å². The lowest BCUT2D eigenvalue weighted by Gasteiger charge is -2.27. The molecule has 178 valence electrons. The smallest absolute Gasteiger partial charge is 0.300 e. The second kappa shape index (κ2) is 14.6. The van der Waals surface area contributed by atoms with Crippen molar-refractivity contribution >= 4 is 35.7 Å². The fraction of sp³-hybridized carbons (Fsp3) is 0.500.